The molecule has 19 heavy (non-hydrogen) atoms. The third kappa shape index (κ3) is 2.96. The van der Waals surface area contributed by atoms with Crippen molar-refractivity contribution in [1.82, 2.24) is 0 Å². The van der Waals surface area contributed by atoms with Crippen LogP contribution in [-0.4, -0.2) is 28.9 Å². The molecule has 1 aromatic carbocycles. The van der Waals surface area contributed by atoms with E-state index in [0.717, 1.165) is 12.1 Å². The molecule has 5 nitrogen and oxygen atoms in total. The van der Waals surface area contributed by atoms with E-state index in [9.17, 15) is 18.8 Å². The smallest absolute Gasteiger partial charge is 0.306 e. The Morgan fingerprint density at radius 2 is 1.95 bits per heavy atom. The van der Waals surface area contributed by atoms with E-state index in [0.29, 0.717) is 0 Å². The first-order chi connectivity index (χ1) is 8.97. The number of esters is 1. The number of carbonyl (C=O) groups is 3. The van der Waals surface area contributed by atoms with Crippen molar-refractivity contribution >= 4 is 17.7 Å². The normalized spacial score (nSPS) is 22.1. The molecule has 0 aromatic heterocycles. The fraction of sp³-hybridized carbons (Fsp3) is 0.308. The quantitative estimate of drug-likeness (QED) is 0.658. The van der Waals surface area contributed by atoms with Crippen molar-refractivity contribution in [2.75, 3.05) is 0 Å². The van der Waals surface area contributed by atoms with Gasteiger partial charge in [0, 0.05) is 11.5 Å². The Bertz CT molecular complexity index is 522. The molecule has 0 spiro atoms. The highest BCUT2D eigenvalue weighted by molar-refractivity contribution is 6.02. The maximum absolute atomic E-state index is 12.8. The lowest BCUT2D eigenvalue weighted by Crippen LogP contribution is -2.28. The second-order valence-electron chi connectivity index (χ2n) is 4.34. The van der Waals surface area contributed by atoms with Crippen LogP contribution in [0, 0.1) is 11.7 Å². The summed E-state index contributed by atoms with van der Waals surface area (Å²) in [5.41, 5.74) is 0.191. The topological polar surface area (TPSA) is 80.7 Å². The summed E-state index contributed by atoms with van der Waals surface area (Å²) in [6, 6.07) is 4.80. The lowest BCUT2D eigenvalue weighted by atomic mass is 9.92. The molecule has 1 aromatic rings. The van der Waals surface area contributed by atoms with Gasteiger partial charge in [-0.2, -0.15) is 0 Å². The van der Waals surface area contributed by atoms with Gasteiger partial charge in [-0.1, -0.05) is 0 Å². The molecule has 2 atom stereocenters. The minimum atomic E-state index is -1.10. The molecule has 0 unspecified atom stereocenters. The number of hydrogen-bond acceptors (Lipinski definition) is 4. The van der Waals surface area contributed by atoms with Gasteiger partial charge in [-0.05, 0) is 24.3 Å². The van der Waals surface area contributed by atoms with Crippen LogP contribution in [-0.2, 0) is 14.3 Å². The molecule has 6 heteroatoms. The van der Waals surface area contributed by atoms with Gasteiger partial charge in [-0.15, -0.1) is 0 Å². The molecule has 1 aliphatic rings. The minimum Gasteiger partial charge on any atom is -0.481 e. The summed E-state index contributed by atoms with van der Waals surface area (Å²) in [5, 5.41) is 8.74. The SMILES string of the molecule is O=C(O)C[C@H]1CC(=O)O[C@@H]1C(=O)c1ccc(F)cc1. The highest BCUT2D eigenvalue weighted by Gasteiger charge is 2.41. The van der Waals surface area contributed by atoms with Gasteiger partial charge in [0.1, 0.15) is 5.82 Å². The van der Waals surface area contributed by atoms with Gasteiger partial charge in [0.05, 0.1) is 12.8 Å². The van der Waals surface area contributed by atoms with E-state index in [4.69, 9.17) is 9.84 Å². The van der Waals surface area contributed by atoms with Crippen molar-refractivity contribution in [2.24, 2.45) is 5.92 Å². The number of carboxylic acids is 1. The predicted octanol–water partition coefficient (Wildman–Crippen LogP) is 1.41. The second-order valence-corrected chi connectivity index (χ2v) is 4.34. The Morgan fingerprint density at radius 3 is 2.53 bits per heavy atom. The Balaban J connectivity index is 2.18. The van der Waals surface area contributed by atoms with Crippen LogP contribution < -0.4 is 0 Å². The van der Waals surface area contributed by atoms with E-state index >= 15 is 0 Å². The van der Waals surface area contributed by atoms with Gasteiger partial charge >= 0.3 is 11.9 Å². The lowest BCUT2D eigenvalue weighted by Gasteiger charge is -2.14. The molecule has 0 saturated carbocycles. The molecule has 0 bridgehead atoms. The lowest BCUT2D eigenvalue weighted by molar-refractivity contribution is -0.141. The third-order valence-corrected chi connectivity index (χ3v) is 2.94. The summed E-state index contributed by atoms with van der Waals surface area (Å²) in [7, 11) is 0. The number of halogens is 1. The van der Waals surface area contributed by atoms with Gasteiger partial charge in [-0.25, -0.2) is 4.39 Å². The van der Waals surface area contributed by atoms with Gasteiger partial charge in [-0.3, -0.25) is 14.4 Å². The molecular weight excluding hydrogens is 255 g/mol. The number of aliphatic carboxylic acids is 1. The Kier molecular flexibility index (Phi) is 3.59. The van der Waals surface area contributed by atoms with Gasteiger partial charge in [0.2, 0.25) is 5.78 Å². The number of carbonyl (C=O) groups excluding carboxylic acids is 2. The number of carboxylic acid groups (broad SMARTS) is 1. The molecule has 1 aliphatic heterocycles. The Hall–Kier alpha value is -2.24. The molecule has 1 N–H and O–H groups in total. The van der Waals surface area contributed by atoms with E-state index < -0.39 is 35.6 Å². The number of ketones is 1. The molecule has 0 radical (unpaired) electrons. The number of hydrogen-bond donors (Lipinski definition) is 1. The van der Waals surface area contributed by atoms with Crippen molar-refractivity contribution in [2.45, 2.75) is 18.9 Å². The fourth-order valence-electron chi connectivity index (χ4n) is 2.06. The van der Waals surface area contributed by atoms with E-state index in [1.54, 1.807) is 0 Å². The number of ether oxygens (including phenoxy) is 1. The number of benzene rings is 1. The average Bonchev–Trinajstić information content (AvgIpc) is 2.69. The van der Waals surface area contributed by atoms with E-state index in [2.05, 4.69) is 0 Å². The minimum absolute atomic E-state index is 0.0934. The van der Waals surface area contributed by atoms with Crippen molar-refractivity contribution in [3.8, 4) is 0 Å². The standard InChI is InChI=1S/C13H11FO5/c14-9-3-1-7(2-4-9)12(18)13-8(5-10(15)16)6-11(17)19-13/h1-4,8,13H,5-6H2,(H,15,16)/t8-,13-/m0/s1. The first-order valence-electron chi connectivity index (χ1n) is 5.68. The van der Waals surface area contributed by atoms with Gasteiger partial charge in [0.15, 0.2) is 6.10 Å². The third-order valence-electron chi connectivity index (χ3n) is 2.94. The summed E-state index contributed by atoms with van der Waals surface area (Å²) in [4.78, 5) is 34.0. The zero-order valence-electron chi connectivity index (χ0n) is 9.84. The van der Waals surface area contributed by atoms with Crippen molar-refractivity contribution in [1.29, 1.82) is 0 Å². The van der Waals surface area contributed by atoms with Crippen LogP contribution in [0.5, 0.6) is 0 Å². The van der Waals surface area contributed by atoms with E-state index in [-0.39, 0.29) is 18.4 Å². The van der Waals surface area contributed by atoms with Crippen LogP contribution in [0.1, 0.15) is 23.2 Å². The summed E-state index contributed by atoms with van der Waals surface area (Å²) >= 11 is 0. The summed E-state index contributed by atoms with van der Waals surface area (Å²) < 4.78 is 17.6. The molecule has 2 rings (SSSR count). The Labute approximate surface area is 108 Å². The number of rotatable bonds is 4. The zero-order valence-corrected chi connectivity index (χ0v) is 9.84. The average molecular weight is 266 g/mol. The molecule has 0 amide bonds. The number of cyclic esters (lactones) is 1. The van der Waals surface area contributed by atoms with Crippen molar-refractivity contribution in [3.05, 3.63) is 35.6 Å². The largest absolute Gasteiger partial charge is 0.481 e. The maximum atomic E-state index is 12.8. The highest BCUT2D eigenvalue weighted by Crippen LogP contribution is 2.28. The summed E-state index contributed by atoms with van der Waals surface area (Å²) in [5.74, 6) is -3.35. The monoisotopic (exact) mass is 266 g/mol. The van der Waals surface area contributed by atoms with Crippen LogP contribution >= 0.6 is 0 Å². The van der Waals surface area contributed by atoms with Crippen LogP contribution in [0.15, 0.2) is 24.3 Å². The molecule has 0 aliphatic carbocycles. The van der Waals surface area contributed by atoms with Crippen LogP contribution in [0.3, 0.4) is 0 Å². The van der Waals surface area contributed by atoms with Crippen LogP contribution in [0.4, 0.5) is 4.39 Å². The van der Waals surface area contributed by atoms with Crippen molar-refractivity contribution < 1.29 is 28.6 Å². The molecular formula is C13H11FO5. The maximum Gasteiger partial charge on any atom is 0.306 e. The van der Waals surface area contributed by atoms with Crippen LogP contribution in [0.25, 0.3) is 0 Å². The number of Topliss-reactive ketones (excluding diaryl/α,β-unsaturated/α-hetero) is 1. The van der Waals surface area contributed by atoms with Crippen molar-refractivity contribution in [3.63, 3.8) is 0 Å². The van der Waals surface area contributed by atoms with E-state index in [1.807, 2.05) is 0 Å². The molecule has 1 heterocycles. The summed E-state index contributed by atoms with van der Waals surface area (Å²) in [6.07, 6.45) is -1.51. The first kappa shape index (κ1) is 13.2. The fourth-order valence-corrected chi connectivity index (χ4v) is 2.06. The van der Waals surface area contributed by atoms with E-state index in [1.165, 1.54) is 12.1 Å². The van der Waals surface area contributed by atoms with Gasteiger partial charge < -0.3 is 9.84 Å². The predicted molar refractivity (Wildman–Crippen MR) is 61.0 cm³/mol. The second kappa shape index (κ2) is 5.17. The first-order valence-corrected chi connectivity index (χ1v) is 5.68. The van der Waals surface area contributed by atoms with Crippen LogP contribution in [0.2, 0.25) is 0 Å². The Morgan fingerprint density at radius 1 is 1.32 bits per heavy atom. The highest BCUT2D eigenvalue weighted by atomic mass is 19.1. The molecule has 100 valence electrons. The molecule has 1 fully saturated rings. The molecule has 1 saturated heterocycles. The zero-order chi connectivity index (χ0) is 14.0. The summed E-state index contributed by atoms with van der Waals surface area (Å²) in [6.45, 7) is 0. The van der Waals surface area contributed by atoms with Gasteiger partial charge in [0.25, 0.3) is 0 Å².